The molecule has 1 aromatic carbocycles. The third-order valence-corrected chi connectivity index (χ3v) is 6.26. The molecule has 0 unspecified atom stereocenters. The molecule has 2 N–H and O–H groups in total. The maximum atomic E-state index is 13.1. The number of benzene rings is 1. The minimum absolute atomic E-state index is 0.0194. The molecule has 1 saturated heterocycles. The number of para-hydroxylation sites is 1. The summed E-state index contributed by atoms with van der Waals surface area (Å²) >= 11 is 0.768. The van der Waals surface area contributed by atoms with Crippen LogP contribution in [0.3, 0.4) is 0 Å². The number of hydrogen-bond acceptors (Lipinski definition) is 6. The Hall–Kier alpha value is -2.89. The van der Waals surface area contributed by atoms with E-state index in [4.69, 9.17) is 0 Å². The summed E-state index contributed by atoms with van der Waals surface area (Å²) in [6, 6.07) is 5.44. The van der Waals surface area contributed by atoms with Crippen LogP contribution >= 0.6 is 11.8 Å². The molecule has 1 aliphatic carbocycles. The highest BCUT2D eigenvalue weighted by Crippen LogP contribution is 2.34. The number of hydrogen-bond donors (Lipinski definition) is 2. The highest BCUT2D eigenvalue weighted by atomic mass is 32.2. The van der Waals surface area contributed by atoms with E-state index in [9.17, 15) is 27.6 Å². The van der Waals surface area contributed by atoms with Crippen LogP contribution in [0.15, 0.2) is 29.3 Å². The summed E-state index contributed by atoms with van der Waals surface area (Å²) in [6.07, 6.45) is -1.16. The number of carbonyl (C=O) groups excluding carboxylic acids is 3. The SMILES string of the molecule is O=C(CSc1nc(C(F)(F)F)nc2ccccc12)NN1C(=O)NC2(CCCCC2)C1=O. The van der Waals surface area contributed by atoms with Crippen LogP contribution < -0.4 is 10.7 Å². The van der Waals surface area contributed by atoms with E-state index in [1.54, 1.807) is 18.2 Å². The van der Waals surface area contributed by atoms with Crippen molar-refractivity contribution in [1.29, 1.82) is 0 Å². The molecule has 2 aliphatic rings. The standard InChI is InChI=1S/C19H18F3N5O3S/c20-19(21,22)15-23-12-7-3-2-6-11(12)14(24-15)31-10-13(28)26-27-16(29)18(25-17(27)30)8-4-1-5-9-18/h2-3,6-7H,1,4-5,8-10H2,(H,25,30)(H,26,28). The van der Waals surface area contributed by atoms with E-state index in [1.807, 2.05) is 0 Å². The van der Waals surface area contributed by atoms with Crippen molar-refractivity contribution in [3.05, 3.63) is 30.1 Å². The molecular formula is C19H18F3N5O3S. The number of alkyl halides is 3. The van der Waals surface area contributed by atoms with Gasteiger partial charge in [0.2, 0.25) is 11.7 Å². The van der Waals surface area contributed by atoms with E-state index in [-0.39, 0.29) is 16.3 Å². The van der Waals surface area contributed by atoms with Gasteiger partial charge in [0, 0.05) is 5.39 Å². The second-order valence-corrected chi connectivity index (χ2v) is 8.37. The molecule has 0 atom stereocenters. The van der Waals surface area contributed by atoms with E-state index in [2.05, 4.69) is 20.7 Å². The van der Waals surface area contributed by atoms with Crippen LogP contribution in [0.4, 0.5) is 18.0 Å². The number of nitrogens with one attached hydrogen (secondary N) is 2. The van der Waals surface area contributed by atoms with Crippen molar-refractivity contribution in [3.8, 4) is 0 Å². The van der Waals surface area contributed by atoms with Crippen LogP contribution in [0.5, 0.6) is 0 Å². The number of amides is 4. The number of imide groups is 1. The number of hydrazine groups is 1. The van der Waals surface area contributed by atoms with E-state index in [1.165, 1.54) is 6.07 Å². The highest BCUT2D eigenvalue weighted by molar-refractivity contribution is 8.00. The molecule has 12 heteroatoms. The average Bonchev–Trinajstić information content (AvgIpc) is 2.95. The first-order valence-electron chi connectivity index (χ1n) is 9.63. The number of nitrogens with zero attached hydrogens (tertiary/aromatic N) is 3. The van der Waals surface area contributed by atoms with Crippen LogP contribution in [-0.4, -0.2) is 44.1 Å². The molecule has 0 radical (unpaired) electrons. The maximum Gasteiger partial charge on any atom is 0.451 e. The van der Waals surface area contributed by atoms with Gasteiger partial charge in [0.05, 0.1) is 11.3 Å². The van der Waals surface area contributed by atoms with Crippen molar-refractivity contribution in [2.45, 2.75) is 48.8 Å². The molecule has 31 heavy (non-hydrogen) atoms. The largest absolute Gasteiger partial charge is 0.451 e. The number of carbonyl (C=O) groups is 3. The third-order valence-electron chi connectivity index (χ3n) is 5.27. The van der Waals surface area contributed by atoms with E-state index in [0.29, 0.717) is 23.2 Å². The van der Waals surface area contributed by atoms with Crippen LogP contribution in [0.25, 0.3) is 10.9 Å². The van der Waals surface area contributed by atoms with Gasteiger partial charge in [-0.3, -0.25) is 15.0 Å². The van der Waals surface area contributed by atoms with Gasteiger partial charge < -0.3 is 5.32 Å². The zero-order valence-corrected chi connectivity index (χ0v) is 17.0. The molecule has 8 nitrogen and oxygen atoms in total. The van der Waals surface area contributed by atoms with E-state index >= 15 is 0 Å². The minimum Gasteiger partial charge on any atom is -0.322 e. The van der Waals surface area contributed by atoms with E-state index in [0.717, 1.165) is 31.0 Å². The quantitative estimate of drug-likeness (QED) is 0.419. The fourth-order valence-corrected chi connectivity index (χ4v) is 4.60. The van der Waals surface area contributed by atoms with Gasteiger partial charge in [0.1, 0.15) is 10.6 Å². The average molecular weight is 453 g/mol. The predicted octanol–water partition coefficient (Wildman–Crippen LogP) is 3.03. The van der Waals surface area contributed by atoms with Crippen molar-refractivity contribution in [1.82, 2.24) is 25.7 Å². The summed E-state index contributed by atoms with van der Waals surface area (Å²) in [5.74, 6) is -2.87. The number of rotatable bonds is 4. The third kappa shape index (κ3) is 4.16. The van der Waals surface area contributed by atoms with Crippen molar-refractivity contribution < 1.29 is 27.6 Å². The molecule has 4 amide bonds. The zero-order valence-electron chi connectivity index (χ0n) is 16.2. The summed E-state index contributed by atoms with van der Waals surface area (Å²) < 4.78 is 39.4. The Morgan fingerprint density at radius 2 is 1.87 bits per heavy atom. The molecule has 1 spiro atoms. The number of thioether (sulfide) groups is 1. The predicted molar refractivity (Wildman–Crippen MR) is 105 cm³/mol. The van der Waals surface area contributed by atoms with Gasteiger partial charge in [-0.25, -0.2) is 14.8 Å². The lowest BCUT2D eigenvalue weighted by molar-refractivity contribution is -0.145. The van der Waals surface area contributed by atoms with Crippen LogP contribution in [0, 0.1) is 0 Å². The Labute approximate surface area is 178 Å². The van der Waals surface area contributed by atoms with Gasteiger partial charge in [0.15, 0.2) is 0 Å². The lowest BCUT2D eigenvalue weighted by Crippen LogP contribution is -2.51. The second-order valence-electron chi connectivity index (χ2n) is 7.40. The van der Waals surface area contributed by atoms with Gasteiger partial charge >= 0.3 is 12.2 Å². The minimum atomic E-state index is -4.74. The topological polar surface area (TPSA) is 104 Å². The zero-order chi connectivity index (χ0) is 22.2. The Bertz CT molecular complexity index is 1060. The number of fused-ring (bicyclic) bond motifs is 1. The van der Waals surface area contributed by atoms with Gasteiger partial charge in [0.25, 0.3) is 5.91 Å². The molecule has 2 aromatic rings. The Kier molecular flexibility index (Phi) is 5.50. The molecule has 1 aromatic heterocycles. The first kappa shape index (κ1) is 21.3. The van der Waals surface area contributed by atoms with Gasteiger partial charge in [-0.1, -0.05) is 49.2 Å². The van der Waals surface area contributed by atoms with Gasteiger partial charge in [-0.15, -0.1) is 0 Å². The van der Waals surface area contributed by atoms with Crippen molar-refractivity contribution in [2.24, 2.45) is 0 Å². The van der Waals surface area contributed by atoms with Crippen LogP contribution in [0.2, 0.25) is 0 Å². The lowest BCUT2D eigenvalue weighted by atomic mass is 9.82. The molecule has 4 rings (SSSR count). The molecular weight excluding hydrogens is 435 g/mol. The summed E-state index contributed by atoms with van der Waals surface area (Å²) in [5, 5.41) is 3.67. The summed E-state index contributed by atoms with van der Waals surface area (Å²) in [4.78, 5) is 44.4. The van der Waals surface area contributed by atoms with Gasteiger partial charge in [-0.05, 0) is 18.9 Å². The van der Waals surface area contributed by atoms with Crippen molar-refractivity contribution in [3.63, 3.8) is 0 Å². The maximum absolute atomic E-state index is 13.1. The van der Waals surface area contributed by atoms with Crippen LogP contribution in [0.1, 0.15) is 37.9 Å². The van der Waals surface area contributed by atoms with E-state index < -0.39 is 35.4 Å². The second kappa shape index (κ2) is 7.98. The summed E-state index contributed by atoms with van der Waals surface area (Å²) in [7, 11) is 0. The fourth-order valence-electron chi connectivity index (χ4n) is 3.79. The number of halogens is 3. The monoisotopic (exact) mass is 453 g/mol. The Morgan fingerprint density at radius 1 is 1.16 bits per heavy atom. The molecule has 1 aliphatic heterocycles. The Morgan fingerprint density at radius 3 is 2.58 bits per heavy atom. The highest BCUT2D eigenvalue weighted by Gasteiger charge is 2.52. The fraction of sp³-hybridized carbons (Fsp3) is 0.421. The van der Waals surface area contributed by atoms with Gasteiger partial charge in [-0.2, -0.15) is 18.2 Å². The Balaban J connectivity index is 1.47. The number of aromatic nitrogens is 2. The smallest absolute Gasteiger partial charge is 0.322 e. The summed E-state index contributed by atoms with van der Waals surface area (Å²) in [5.41, 5.74) is 1.37. The molecule has 2 fully saturated rings. The number of urea groups is 1. The molecule has 164 valence electrons. The first-order valence-corrected chi connectivity index (χ1v) is 10.6. The van der Waals surface area contributed by atoms with Crippen molar-refractivity contribution >= 4 is 40.5 Å². The lowest BCUT2D eigenvalue weighted by Gasteiger charge is -2.30. The van der Waals surface area contributed by atoms with Crippen molar-refractivity contribution in [2.75, 3.05) is 5.75 Å². The molecule has 1 saturated carbocycles. The normalized spacial score (nSPS) is 18.5. The molecule has 2 heterocycles. The first-order chi connectivity index (χ1) is 14.7. The molecule has 0 bridgehead atoms. The summed E-state index contributed by atoms with van der Waals surface area (Å²) in [6.45, 7) is 0. The van der Waals surface area contributed by atoms with Crippen LogP contribution in [-0.2, 0) is 15.8 Å².